The van der Waals surface area contributed by atoms with Crippen molar-refractivity contribution in [3.8, 4) is 0 Å². The van der Waals surface area contributed by atoms with E-state index in [1.165, 1.54) is 44.8 Å². The molecule has 0 amide bonds. The predicted octanol–water partition coefficient (Wildman–Crippen LogP) is 6.17. The van der Waals surface area contributed by atoms with Crippen molar-refractivity contribution >= 4 is 11.4 Å². The second-order valence-corrected chi connectivity index (χ2v) is 12.0. The first-order chi connectivity index (χ1) is 19.7. The summed E-state index contributed by atoms with van der Waals surface area (Å²) in [6, 6.07) is 36.7. The van der Waals surface area contributed by atoms with Crippen LogP contribution in [0.5, 0.6) is 0 Å². The van der Waals surface area contributed by atoms with Crippen LogP contribution >= 0.6 is 0 Å². The van der Waals surface area contributed by atoms with Gasteiger partial charge in [0.2, 0.25) is 0 Å². The Bertz CT molecular complexity index is 1380. The molecule has 2 saturated heterocycles. The molecule has 2 atom stereocenters. The molecule has 0 aromatic heterocycles. The zero-order chi connectivity index (χ0) is 27.1. The number of hydrogen-bond acceptors (Lipinski definition) is 4. The fraction of sp³-hybridized carbons (Fsp3) is 0.333. The minimum absolute atomic E-state index is 0.494. The summed E-state index contributed by atoms with van der Waals surface area (Å²) < 4.78 is 0. The number of anilines is 2. The van der Waals surface area contributed by atoms with Gasteiger partial charge in [-0.25, -0.2) is 0 Å². The number of likely N-dealkylation sites (N-methyl/N-ethyl adjacent to an activating group) is 2. The van der Waals surface area contributed by atoms with Crippen LogP contribution in [-0.2, 0) is 12.8 Å². The molecule has 0 aliphatic carbocycles. The standard InChI is InChI=1S/2C18H20N2/c2*1-19-10-11-20-17-9-5-3-7-15(17)12-14-6-2-4-8-16(14)18(20)13-19/h2*2-9,18H,10-13H2,1H3. The van der Waals surface area contributed by atoms with Gasteiger partial charge >= 0.3 is 0 Å². The number of nitrogens with zero attached hydrogens (tertiary/aromatic N) is 4. The third-order valence-corrected chi connectivity index (χ3v) is 9.36. The molecule has 4 aliphatic heterocycles. The summed E-state index contributed by atoms with van der Waals surface area (Å²) in [6.45, 7) is 6.76. The minimum atomic E-state index is 0.494. The van der Waals surface area contributed by atoms with Gasteiger partial charge in [0.25, 0.3) is 0 Å². The van der Waals surface area contributed by atoms with Gasteiger partial charge in [0.1, 0.15) is 0 Å². The lowest BCUT2D eigenvalue weighted by molar-refractivity contribution is 0.269. The van der Waals surface area contributed by atoms with E-state index in [9.17, 15) is 0 Å². The molecule has 2 unspecified atom stereocenters. The molecule has 4 aromatic carbocycles. The first-order valence-corrected chi connectivity index (χ1v) is 14.9. The summed E-state index contributed by atoms with van der Waals surface area (Å²) in [5.74, 6) is 0. The topological polar surface area (TPSA) is 13.0 Å². The average Bonchev–Trinajstić information content (AvgIpc) is 3.21. The maximum atomic E-state index is 2.61. The summed E-state index contributed by atoms with van der Waals surface area (Å²) in [6.07, 6.45) is 2.12. The Kier molecular flexibility index (Phi) is 6.82. The van der Waals surface area contributed by atoms with Crippen LogP contribution in [-0.4, -0.2) is 63.2 Å². The maximum Gasteiger partial charge on any atom is 0.0672 e. The Labute approximate surface area is 239 Å². The van der Waals surface area contributed by atoms with E-state index in [2.05, 4.69) is 131 Å². The zero-order valence-corrected chi connectivity index (χ0v) is 23.8. The number of hydrogen-bond donors (Lipinski definition) is 0. The third kappa shape index (κ3) is 4.70. The highest BCUT2D eigenvalue weighted by atomic mass is 15.3. The van der Waals surface area contributed by atoms with Gasteiger partial charge in [-0.15, -0.1) is 0 Å². The lowest BCUT2D eigenvalue weighted by Gasteiger charge is -2.41. The van der Waals surface area contributed by atoms with E-state index < -0.39 is 0 Å². The molecule has 0 spiro atoms. The van der Waals surface area contributed by atoms with Gasteiger partial charge in [0.05, 0.1) is 12.1 Å². The first-order valence-electron chi connectivity index (χ1n) is 14.9. The summed E-state index contributed by atoms with van der Waals surface area (Å²) >= 11 is 0. The van der Waals surface area contributed by atoms with E-state index in [4.69, 9.17) is 0 Å². The Hall–Kier alpha value is -3.60. The SMILES string of the molecule is CN1CCN2c3ccccc3Cc3ccccc3C2C1.CN1CCN2c3ccccc3Cc3ccccc3C2C1. The molecule has 2 fully saturated rings. The van der Waals surface area contributed by atoms with Crippen molar-refractivity contribution < 1.29 is 0 Å². The van der Waals surface area contributed by atoms with Gasteiger partial charge in [-0.2, -0.15) is 0 Å². The Morgan fingerprint density at radius 3 is 1.27 bits per heavy atom. The predicted molar refractivity (Wildman–Crippen MR) is 167 cm³/mol. The molecule has 4 nitrogen and oxygen atoms in total. The van der Waals surface area contributed by atoms with E-state index in [0.717, 1.165) is 52.1 Å². The summed E-state index contributed by atoms with van der Waals surface area (Å²) in [4.78, 5) is 10.1. The van der Waals surface area contributed by atoms with E-state index in [0.29, 0.717) is 12.1 Å². The Morgan fingerprint density at radius 2 is 0.825 bits per heavy atom. The Morgan fingerprint density at radius 1 is 0.450 bits per heavy atom. The largest absolute Gasteiger partial charge is 0.362 e. The fourth-order valence-electron chi connectivity index (χ4n) is 7.28. The van der Waals surface area contributed by atoms with Gasteiger partial charge in [-0.3, -0.25) is 0 Å². The first kappa shape index (κ1) is 25.4. The molecular formula is C36H40N4. The second kappa shape index (κ2) is 10.8. The summed E-state index contributed by atoms with van der Waals surface area (Å²) in [5.41, 5.74) is 11.8. The van der Waals surface area contributed by atoms with Crippen LogP contribution in [0, 0.1) is 0 Å². The van der Waals surface area contributed by atoms with E-state index in [1.54, 1.807) is 0 Å². The normalized spacial score (nSPS) is 21.6. The second-order valence-electron chi connectivity index (χ2n) is 12.0. The van der Waals surface area contributed by atoms with Crippen LogP contribution in [0.4, 0.5) is 11.4 Å². The third-order valence-electron chi connectivity index (χ3n) is 9.36. The number of rotatable bonds is 0. The van der Waals surface area contributed by atoms with Crippen molar-refractivity contribution in [2.45, 2.75) is 24.9 Å². The Balaban J connectivity index is 0.000000132. The maximum absolute atomic E-state index is 2.61. The monoisotopic (exact) mass is 528 g/mol. The zero-order valence-electron chi connectivity index (χ0n) is 23.8. The minimum Gasteiger partial charge on any atom is -0.362 e. The van der Waals surface area contributed by atoms with Crippen LogP contribution in [0.15, 0.2) is 97.1 Å². The molecule has 0 radical (unpaired) electrons. The average molecular weight is 529 g/mol. The molecule has 8 rings (SSSR count). The number of fused-ring (bicyclic) bond motifs is 10. The van der Waals surface area contributed by atoms with Crippen molar-refractivity contribution in [3.63, 3.8) is 0 Å². The van der Waals surface area contributed by atoms with Gasteiger partial charge in [-0.05, 0) is 72.5 Å². The molecule has 0 saturated carbocycles. The molecule has 4 heteroatoms. The van der Waals surface area contributed by atoms with Crippen LogP contribution in [0.1, 0.15) is 45.5 Å². The number of benzene rings is 4. The van der Waals surface area contributed by atoms with Crippen LogP contribution < -0.4 is 9.80 Å². The fourth-order valence-corrected chi connectivity index (χ4v) is 7.28. The molecule has 204 valence electrons. The van der Waals surface area contributed by atoms with Gasteiger partial charge in [0, 0.05) is 50.6 Å². The van der Waals surface area contributed by atoms with Crippen LogP contribution in [0.3, 0.4) is 0 Å². The van der Waals surface area contributed by atoms with Crippen molar-refractivity contribution in [1.82, 2.24) is 9.80 Å². The summed E-state index contributed by atoms with van der Waals surface area (Å²) in [5, 5.41) is 0. The molecule has 0 N–H and O–H groups in total. The highest BCUT2D eigenvalue weighted by molar-refractivity contribution is 5.62. The highest BCUT2D eigenvalue weighted by Gasteiger charge is 2.33. The van der Waals surface area contributed by atoms with Crippen molar-refractivity contribution in [2.75, 3.05) is 63.2 Å². The number of para-hydroxylation sites is 2. The molecular weight excluding hydrogens is 488 g/mol. The lowest BCUT2D eigenvalue weighted by Crippen LogP contribution is -2.46. The van der Waals surface area contributed by atoms with E-state index >= 15 is 0 Å². The van der Waals surface area contributed by atoms with E-state index in [-0.39, 0.29) is 0 Å². The van der Waals surface area contributed by atoms with Gasteiger partial charge < -0.3 is 19.6 Å². The molecule has 4 aliphatic rings. The van der Waals surface area contributed by atoms with Gasteiger partial charge in [0.15, 0.2) is 0 Å². The summed E-state index contributed by atoms with van der Waals surface area (Å²) in [7, 11) is 4.47. The molecule has 40 heavy (non-hydrogen) atoms. The van der Waals surface area contributed by atoms with Gasteiger partial charge in [-0.1, -0.05) is 84.9 Å². The lowest BCUT2D eigenvalue weighted by atomic mass is 9.96. The van der Waals surface area contributed by atoms with Crippen LogP contribution in [0.25, 0.3) is 0 Å². The number of piperazine rings is 2. The van der Waals surface area contributed by atoms with Crippen molar-refractivity contribution in [2.24, 2.45) is 0 Å². The highest BCUT2D eigenvalue weighted by Crippen LogP contribution is 2.40. The van der Waals surface area contributed by atoms with Crippen molar-refractivity contribution in [1.29, 1.82) is 0 Å². The van der Waals surface area contributed by atoms with E-state index in [1.807, 2.05) is 0 Å². The quantitative estimate of drug-likeness (QED) is 0.271. The smallest absolute Gasteiger partial charge is 0.0672 e. The van der Waals surface area contributed by atoms with Crippen LogP contribution in [0.2, 0.25) is 0 Å². The molecule has 0 bridgehead atoms. The molecule has 4 aromatic rings. The molecule has 4 heterocycles. The van der Waals surface area contributed by atoms with Crippen molar-refractivity contribution in [3.05, 3.63) is 130 Å².